The molecule has 3 heteroatoms. The molecule has 0 radical (unpaired) electrons. The highest BCUT2D eigenvalue weighted by Crippen LogP contribution is 2.07. The number of hydrogen-bond acceptors (Lipinski definition) is 2. The standard InChI is InChI=1S/C9H12O2.ClH/c1-10-7-8-11-9-5-3-2-4-6-9;/h2-6H,7-8H2,1H3;1H. The van der Waals surface area contributed by atoms with Crippen molar-refractivity contribution < 1.29 is 9.47 Å². The molecule has 0 amide bonds. The van der Waals surface area contributed by atoms with Gasteiger partial charge in [0, 0.05) is 7.11 Å². The van der Waals surface area contributed by atoms with Crippen molar-refractivity contribution in [2.24, 2.45) is 0 Å². The van der Waals surface area contributed by atoms with Crippen LogP contribution in [0.3, 0.4) is 0 Å². The summed E-state index contributed by atoms with van der Waals surface area (Å²) in [5.74, 6) is 0.893. The van der Waals surface area contributed by atoms with Crippen LogP contribution in [-0.4, -0.2) is 20.3 Å². The highest BCUT2D eigenvalue weighted by Gasteiger charge is 1.88. The lowest BCUT2D eigenvalue weighted by molar-refractivity contribution is 0.146. The van der Waals surface area contributed by atoms with Crippen molar-refractivity contribution in [3.8, 4) is 5.75 Å². The summed E-state index contributed by atoms with van der Waals surface area (Å²) in [4.78, 5) is 0. The van der Waals surface area contributed by atoms with Crippen molar-refractivity contribution in [2.45, 2.75) is 0 Å². The van der Waals surface area contributed by atoms with Crippen LogP contribution < -0.4 is 4.74 Å². The molecule has 0 heterocycles. The van der Waals surface area contributed by atoms with E-state index in [1.807, 2.05) is 30.3 Å². The summed E-state index contributed by atoms with van der Waals surface area (Å²) in [6.07, 6.45) is 0. The van der Waals surface area contributed by atoms with Crippen LogP contribution in [0.15, 0.2) is 30.3 Å². The Labute approximate surface area is 78.9 Å². The third-order valence-corrected chi connectivity index (χ3v) is 1.30. The number of halogens is 1. The van der Waals surface area contributed by atoms with Gasteiger partial charge in [-0.1, -0.05) is 18.2 Å². The van der Waals surface area contributed by atoms with E-state index < -0.39 is 0 Å². The summed E-state index contributed by atoms with van der Waals surface area (Å²) in [7, 11) is 1.66. The first-order valence-corrected chi connectivity index (χ1v) is 3.60. The number of hydrogen-bond donors (Lipinski definition) is 0. The van der Waals surface area contributed by atoms with Crippen LogP contribution in [0.2, 0.25) is 0 Å². The van der Waals surface area contributed by atoms with Crippen LogP contribution in [0.1, 0.15) is 0 Å². The second kappa shape index (κ2) is 6.95. The Morgan fingerprint density at radius 1 is 1.08 bits per heavy atom. The zero-order valence-electron chi connectivity index (χ0n) is 7.03. The monoisotopic (exact) mass is 188 g/mol. The molecule has 0 bridgehead atoms. The highest BCUT2D eigenvalue weighted by molar-refractivity contribution is 5.85. The fraction of sp³-hybridized carbons (Fsp3) is 0.333. The van der Waals surface area contributed by atoms with Gasteiger partial charge >= 0.3 is 0 Å². The van der Waals surface area contributed by atoms with Crippen LogP contribution in [0.5, 0.6) is 5.75 Å². The number of ether oxygens (including phenoxy) is 2. The van der Waals surface area contributed by atoms with Crippen LogP contribution in [-0.2, 0) is 4.74 Å². The van der Waals surface area contributed by atoms with E-state index in [0.29, 0.717) is 13.2 Å². The van der Waals surface area contributed by atoms with E-state index in [9.17, 15) is 0 Å². The zero-order valence-corrected chi connectivity index (χ0v) is 7.84. The van der Waals surface area contributed by atoms with Gasteiger partial charge < -0.3 is 9.47 Å². The fourth-order valence-electron chi connectivity index (χ4n) is 0.760. The summed E-state index contributed by atoms with van der Waals surface area (Å²) in [5.41, 5.74) is 0. The van der Waals surface area contributed by atoms with Gasteiger partial charge in [-0.15, -0.1) is 12.4 Å². The minimum atomic E-state index is 0. The first-order chi connectivity index (χ1) is 5.43. The average molecular weight is 189 g/mol. The second-order valence-electron chi connectivity index (χ2n) is 2.15. The lowest BCUT2D eigenvalue weighted by Crippen LogP contribution is -2.03. The van der Waals surface area contributed by atoms with Crippen LogP contribution in [0.4, 0.5) is 0 Å². The molecule has 0 aliphatic heterocycles. The topological polar surface area (TPSA) is 18.5 Å². The molecule has 0 spiro atoms. The number of methoxy groups -OCH3 is 1. The molecule has 1 aromatic carbocycles. The van der Waals surface area contributed by atoms with Crippen molar-refractivity contribution in [2.75, 3.05) is 20.3 Å². The Kier molecular flexibility index (Phi) is 6.53. The van der Waals surface area contributed by atoms with Gasteiger partial charge in [0.2, 0.25) is 0 Å². The SMILES string of the molecule is COCCOc1ccccc1.Cl. The number of benzene rings is 1. The molecule has 0 aliphatic rings. The molecule has 0 unspecified atom stereocenters. The first kappa shape index (κ1) is 11.3. The van der Waals surface area contributed by atoms with Gasteiger partial charge in [-0.3, -0.25) is 0 Å². The smallest absolute Gasteiger partial charge is 0.119 e. The van der Waals surface area contributed by atoms with Crippen molar-refractivity contribution in [1.29, 1.82) is 0 Å². The number of para-hydroxylation sites is 1. The molecule has 0 saturated carbocycles. The summed E-state index contributed by atoms with van der Waals surface area (Å²) in [5, 5.41) is 0. The highest BCUT2D eigenvalue weighted by atomic mass is 35.5. The van der Waals surface area contributed by atoms with Crippen molar-refractivity contribution >= 4 is 12.4 Å². The molecule has 0 fully saturated rings. The largest absolute Gasteiger partial charge is 0.491 e. The van der Waals surface area contributed by atoms with Gasteiger partial charge in [0.25, 0.3) is 0 Å². The quantitative estimate of drug-likeness (QED) is 0.674. The maximum atomic E-state index is 5.32. The Morgan fingerprint density at radius 3 is 2.33 bits per heavy atom. The molecule has 12 heavy (non-hydrogen) atoms. The van der Waals surface area contributed by atoms with Crippen LogP contribution >= 0.6 is 12.4 Å². The molecular weight excluding hydrogens is 176 g/mol. The van der Waals surface area contributed by atoms with E-state index in [1.54, 1.807) is 7.11 Å². The second-order valence-corrected chi connectivity index (χ2v) is 2.15. The van der Waals surface area contributed by atoms with E-state index in [-0.39, 0.29) is 12.4 Å². The predicted octanol–water partition coefficient (Wildman–Crippen LogP) is 2.13. The van der Waals surface area contributed by atoms with E-state index in [1.165, 1.54) is 0 Å². The molecule has 1 rings (SSSR count). The maximum Gasteiger partial charge on any atom is 0.119 e. The van der Waals surface area contributed by atoms with E-state index in [4.69, 9.17) is 9.47 Å². The molecule has 0 aromatic heterocycles. The molecule has 0 atom stereocenters. The van der Waals surface area contributed by atoms with E-state index in [0.717, 1.165) is 5.75 Å². The summed E-state index contributed by atoms with van der Waals surface area (Å²) in [6, 6.07) is 9.71. The average Bonchev–Trinajstić information content (AvgIpc) is 2.07. The summed E-state index contributed by atoms with van der Waals surface area (Å²) < 4.78 is 10.2. The van der Waals surface area contributed by atoms with Crippen LogP contribution in [0, 0.1) is 0 Å². The van der Waals surface area contributed by atoms with E-state index in [2.05, 4.69) is 0 Å². The molecule has 2 nitrogen and oxygen atoms in total. The lowest BCUT2D eigenvalue weighted by atomic mass is 10.3. The summed E-state index contributed by atoms with van der Waals surface area (Å²) in [6.45, 7) is 1.25. The molecule has 68 valence electrons. The minimum absolute atomic E-state index is 0. The van der Waals surface area contributed by atoms with Gasteiger partial charge in [-0.2, -0.15) is 0 Å². The Balaban J connectivity index is 0.00000121. The molecular formula is C9H13ClO2. The number of rotatable bonds is 4. The predicted molar refractivity (Wildman–Crippen MR) is 51.1 cm³/mol. The molecule has 0 saturated heterocycles. The van der Waals surface area contributed by atoms with Crippen molar-refractivity contribution in [3.63, 3.8) is 0 Å². The first-order valence-electron chi connectivity index (χ1n) is 3.60. The van der Waals surface area contributed by atoms with Crippen molar-refractivity contribution in [1.82, 2.24) is 0 Å². The third-order valence-electron chi connectivity index (χ3n) is 1.30. The zero-order chi connectivity index (χ0) is 7.94. The Bertz CT molecular complexity index is 189. The van der Waals surface area contributed by atoms with Gasteiger partial charge in [-0.25, -0.2) is 0 Å². The van der Waals surface area contributed by atoms with Gasteiger partial charge in [-0.05, 0) is 12.1 Å². The molecule has 1 aromatic rings. The Hall–Kier alpha value is -0.730. The van der Waals surface area contributed by atoms with Gasteiger partial charge in [0.1, 0.15) is 12.4 Å². The van der Waals surface area contributed by atoms with Gasteiger partial charge in [0.05, 0.1) is 6.61 Å². The lowest BCUT2D eigenvalue weighted by Gasteiger charge is -2.03. The molecule has 0 N–H and O–H groups in total. The minimum Gasteiger partial charge on any atom is -0.491 e. The summed E-state index contributed by atoms with van der Waals surface area (Å²) >= 11 is 0. The van der Waals surface area contributed by atoms with Gasteiger partial charge in [0.15, 0.2) is 0 Å². The third kappa shape index (κ3) is 4.21. The molecule has 0 aliphatic carbocycles. The van der Waals surface area contributed by atoms with Crippen molar-refractivity contribution in [3.05, 3.63) is 30.3 Å². The van der Waals surface area contributed by atoms with E-state index >= 15 is 0 Å². The fourth-order valence-corrected chi connectivity index (χ4v) is 0.760. The Morgan fingerprint density at radius 2 is 1.75 bits per heavy atom. The maximum absolute atomic E-state index is 5.32. The van der Waals surface area contributed by atoms with Crippen LogP contribution in [0.25, 0.3) is 0 Å². The normalized spacial score (nSPS) is 8.75.